The van der Waals surface area contributed by atoms with E-state index in [1.807, 2.05) is 0 Å². The fraction of sp³-hybridized carbons (Fsp3) is 1.00. The summed E-state index contributed by atoms with van der Waals surface area (Å²) in [6.45, 7) is 2.59. The standard InChI is InChI=1S/C11H22N2O/c14-11(6-3-7-12-8-11)9-13-10-4-1-2-5-10/h10,12-14H,1-9H2. The molecule has 82 valence electrons. The first kappa shape index (κ1) is 10.4. The van der Waals surface area contributed by atoms with Crippen LogP contribution < -0.4 is 10.6 Å². The van der Waals surface area contributed by atoms with Crippen molar-refractivity contribution in [2.75, 3.05) is 19.6 Å². The van der Waals surface area contributed by atoms with Crippen molar-refractivity contribution in [1.29, 1.82) is 0 Å². The minimum Gasteiger partial charge on any atom is -0.387 e. The van der Waals surface area contributed by atoms with Gasteiger partial charge in [0.2, 0.25) is 0 Å². The van der Waals surface area contributed by atoms with Crippen LogP contribution in [-0.4, -0.2) is 36.4 Å². The zero-order valence-corrected chi connectivity index (χ0v) is 8.89. The molecule has 1 saturated carbocycles. The third-order valence-electron chi connectivity index (χ3n) is 3.52. The van der Waals surface area contributed by atoms with E-state index in [1.54, 1.807) is 0 Å². The summed E-state index contributed by atoms with van der Waals surface area (Å²) in [5.74, 6) is 0. The van der Waals surface area contributed by atoms with Gasteiger partial charge in [-0.2, -0.15) is 0 Å². The summed E-state index contributed by atoms with van der Waals surface area (Å²) < 4.78 is 0. The Hall–Kier alpha value is -0.120. The van der Waals surface area contributed by atoms with Gasteiger partial charge in [-0.15, -0.1) is 0 Å². The van der Waals surface area contributed by atoms with Crippen molar-refractivity contribution in [3.8, 4) is 0 Å². The van der Waals surface area contributed by atoms with Crippen LogP contribution in [0.1, 0.15) is 38.5 Å². The highest BCUT2D eigenvalue weighted by atomic mass is 16.3. The van der Waals surface area contributed by atoms with Gasteiger partial charge < -0.3 is 15.7 Å². The maximum atomic E-state index is 10.2. The molecule has 1 heterocycles. The largest absolute Gasteiger partial charge is 0.387 e. The number of nitrogens with one attached hydrogen (secondary N) is 2. The molecule has 1 saturated heterocycles. The lowest BCUT2D eigenvalue weighted by Gasteiger charge is -2.33. The first-order valence-corrected chi connectivity index (χ1v) is 5.95. The number of rotatable bonds is 3. The molecule has 0 aromatic carbocycles. The highest BCUT2D eigenvalue weighted by Gasteiger charge is 2.29. The van der Waals surface area contributed by atoms with Crippen LogP contribution in [0.5, 0.6) is 0 Å². The van der Waals surface area contributed by atoms with E-state index in [0.717, 1.165) is 32.5 Å². The minimum absolute atomic E-state index is 0.485. The van der Waals surface area contributed by atoms with Crippen LogP contribution in [0.25, 0.3) is 0 Å². The third-order valence-corrected chi connectivity index (χ3v) is 3.52. The van der Waals surface area contributed by atoms with Crippen molar-refractivity contribution in [2.24, 2.45) is 0 Å². The minimum atomic E-state index is -0.485. The SMILES string of the molecule is OC1(CNC2CCCC2)CCCNC1. The molecule has 3 N–H and O–H groups in total. The predicted molar refractivity (Wildman–Crippen MR) is 57.3 cm³/mol. The van der Waals surface area contributed by atoms with Crippen LogP contribution in [-0.2, 0) is 0 Å². The quantitative estimate of drug-likeness (QED) is 0.623. The number of hydrogen-bond donors (Lipinski definition) is 3. The molecule has 0 aromatic rings. The van der Waals surface area contributed by atoms with Gasteiger partial charge in [-0.05, 0) is 32.2 Å². The van der Waals surface area contributed by atoms with Crippen molar-refractivity contribution >= 4 is 0 Å². The molecular weight excluding hydrogens is 176 g/mol. The lowest BCUT2D eigenvalue weighted by Crippen LogP contribution is -2.53. The molecule has 2 fully saturated rings. The highest BCUT2D eigenvalue weighted by Crippen LogP contribution is 2.20. The highest BCUT2D eigenvalue weighted by molar-refractivity contribution is 4.89. The second-order valence-corrected chi connectivity index (χ2v) is 4.87. The molecule has 0 radical (unpaired) electrons. The second-order valence-electron chi connectivity index (χ2n) is 4.87. The zero-order chi connectivity index (χ0) is 9.86. The lowest BCUT2D eigenvalue weighted by atomic mass is 9.94. The van der Waals surface area contributed by atoms with Gasteiger partial charge in [-0.3, -0.25) is 0 Å². The van der Waals surface area contributed by atoms with Crippen LogP contribution in [0.4, 0.5) is 0 Å². The number of piperidine rings is 1. The third kappa shape index (κ3) is 2.69. The molecule has 3 heteroatoms. The Bertz CT molecular complexity index is 172. The summed E-state index contributed by atoms with van der Waals surface area (Å²) in [5.41, 5.74) is -0.485. The van der Waals surface area contributed by atoms with Crippen LogP contribution in [0.3, 0.4) is 0 Å². The van der Waals surface area contributed by atoms with Gasteiger partial charge in [-0.1, -0.05) is 12.8 Å². The summed E-state index contributed by atoms with van der Waals surface area (Å²) >= 11 is 0. The van der Waals surface area contributed by atoms with Gasteiger partial charge in [0.1, 0.15) is 0 Å². The molecule has 1 aliphatic heterocycles. The van der Waals surface area contributed by atoms with E-state index in [4.69, 9.17) is 0 Å². The van der Waals surface area contributed by atoms with Gasteiger partial charge in [0.15, 0.2) is 0 Å². The van der Waals surface area contributed by atoms with Crippen molar-refractivity contribution in [2.45, 2.75) is 50.2 Å². The summed E-state index contributed by atoms with van der Waals surface area (Å²) in [6, 6.07) is 0.668. The molecule has 0 bridgehead atoms. The lowest BCUT2D eigenvalue weighted by molar-refractivity contribution is 0.0149. The van der Waals surface area contributed by atoms with Crippen LogP contribution >= 0.6 is 0 Å². The molecule has 0 spiro atoms. The Balaban J connectivity index is 1.72. The number of aliphatic hydroxyl groups is 1. The maximum Gasteiger partial charge on any atom is 0.0895 e. The molecule has 2 aliphatic rings. The maximum absolute atomic E-state index is 10.2. The van der Waals surface area contributed by atoms with Crippen molar-refractivity contribution in [3.05, 3.63) is 0 Å². The van der Waals surface area contributed by atoms with E-state index >= 15 is 0 Å². The first-order chi connectivity index (χ1) is 6.79. The summed E-state index contributed by atoms with van der Waals surface area (Å²) in [7, 11) is 0. The van der Waals surface area contributed by atoms with E-state index in [-0.39, 0.29) is 0 Å². The topological polar surface area (TPSA) is 44.3 Å². The Morgan fingerprint density at radius 2 is 2.07 bits per heavy atom. The summed E-state index contributed by atoms with van der Waals surface area (Å²) in [6.07, 6.45) is 7.35. The molecule has 0 aromatic heterocycles. The van der Waals surface area contributed by atoms with Gasteiger partial charge >= 0.3 is 0 Å². The van der Waals surface area contributed by atoms with Gasteiger partial charge in [-0.25, -0.2) is 0 Å². The van der Waals surface area contributed by atoms with Gasteiger partial charge in [0, 0.05) is 19.1 Å². The first-order valence-electron chi connectivity index (χ1n) is 5.95. The molecule has 3 nitrogen and oxygen atoms in total. The second kappa shape index (κ2) is 4.60. The average Bonchev–Trinajstić information content (AvgIpc) is 2.69. The molecule has 0 amide bonds. The fourth-order valence-corrected chi connectivity index (χ4v) is 2.57. The Morgan fingerprint density at radius 1 is 1.29 bits per heavy atom. The Labute approximate surface area is 86.3 Å². The van der Waals surface area contributed by atoms with Crippen molar-refractivity contribution in [1.82, 2.24) is 10.6 Å². The van der Waals surface area contributed by atoms with E-state index in [0.29, 0.717) is 6.04 Å². The molecule has 2 rings (SSSR count). The summed E-state index contributed by atoms with van der Waals surface area (Å²) in [5, 5.41) is 17.0. The van der Waals surface area contributed by atoms with E-state index in [9.17, 15) is 5.11 Å². The zero-order valence-electron chi connectivity index (χ0n) is 8.89. The average molecular weight is 198 g/mol. The monoisotopic (exact) mass is 198 g/mol. The fourth-order valence-electron chi connectivity index (χ4n) is 2.57. The smallest absolute Gasteiger partial charge is 0.0895 e. The molecule has 1 atom stereocenters. The molecule has 1 aliphatic carbocycles. The molecule has 1 unspecified atom stereocenters. The van der Waals surface area contributed by atoms with Crippen molar-refractivity contribution < 1.29 is 5.11 Å². The molecule has 14 heavy (non-hydrogen) atoms. The van der Waals surface area contributed by atoms with E-state index in [2.05, 4.69) is 10.6 Å². The van der Waals surface area contributed by atoms with E-state index < -0.39 is 5.60 Å². The number of hydrogen-bond acceptors (Lipinski definition) is 3. The summed E-state index contributed by atoms with van der Waals surface area (Å²) in [4.78, 5) is 0. The predicted octanol–water partition coefficient (Wildman–Crippen LogP) is 0.633. The van der Waals surface area contributed by atoms with Crippen LogP contribution in [0.2, 0.25) is 0 Å². The Morgan fingerprint density at radius 3 is 2.71 bits per heavy atom. The van der Waals surface area contributed by atoms with E-state index in [1.165, 1.54) is 25.7 Å². The van der Waals surface area contributed by atoms with Crippen LogP contribution in [0, 0.1) is 0 Å². The van der Waals surface area contributed by atoms with Crippen LogP contribution in [0.15, 0.2) is 0 Å². The van der Waals surface area contributed by atoms with Gasteiger partial charge in [0.25, 0.3) is 0 Å². The van der Waals surface area contributed by atoms with Gasteiger partial charge in [0.05, 0.1) is 5.60 Å². The number of β-amino-alcohol motifs (C(OH)–C–C–N with tert-alkyl or cyclic N) is 1. The Kier molecular flexibility index (Phi) is 3.42. The van der Waals surface area contributed by atoms with Crippen molar-refractivity contribution in [3.63, 3.8) is 0 Å². The normalized spacial score (nSPS) is 34.9. The molecular formula is C11H22N2O.